The number of para-hydroxylation sites is 1. The van der Waals surface area contributed by atoms with Gasteiger partial charge in [0, 0.05) is 6.26 Å². The minimum atomic E-state index is -3.31. The Bertz CT molecular complexity index is 780. The lowest BCUT2D eigenvalue weighted by Crippen LogP contribution is -2.00. The van der Waals surface area contributed by atoms with Gasteiger partial charge < -0.3 is 4.74 Å². The van der Waals surface area contributed by atoms with E-state index in [-0.39, 0.29) is 27.7 Å². The van der Waals surface area contributed by atoms with Crippen LogP contribution in [0.3, 0.4) is 0 Å². The normalized spacial score (nSPS) is 11.2. The third kappa shape index (κ3) is 3.46. The third-order valence-electron chi connectivity index (χ3n) is 2.82. The average Bonchev–Trinajstić information content (AvgIpc) is 2.40. The number of carbonyl (C=O) groups excluding carboxylic acids is 1. The van der Waals surface area contributed by atoms with E-state index in [9.17, 15) is 17.6 Å². The van der Waals surface area contributed by atoms with Crippen LogP contribution in [0.5, 0.6) is 11.5 Å². The van der Waals surface area contributed by atoms with Gasteiger partial charge in [-0.1, -0.05) is 6.07 Å². The second-order valence-electron chi connectivity index (χ2n) is 4.52. The molecular formula is C15H13FO4S. The zero-order chi connectivity index (χ0) is 15.6. The fourth-order valence-electron chi connectivity index (χ4n) is 1.76. The van der Waals surface area contributed by atoms with E-state index in [1.54, 1.807) is 0 Å². The summed E-state index contributed by atoms with van der Waals surface area (Å²) < 4.78 is 41.9. The number of hydrogen-bond acceptors (Lipinski definition) is 4. The van der Waals surface area contributed by atoms with E-state index in [1.165, 1.54) is 49.4 Å². The Balaban J connectivity index is 2.37. The first kappa shape index (κ1) is 15.2. The standard InChI is InChI=1S/C15H13FO4S/c1-10(17)13-4-3-5-14(16)15(13)20-11-6-8-12(9-7-11)21(2,18)19/h3-9H,1-2H3. The zero-order valence-corrected chi connectivity index (χ0v) is 12.3. The number of ketones is 1. The largest absolute Gasteiger partial charge is 0.454 e. The highest BCUT2D eigenvalue weighted by atomic mass is 32.2. The van der Waals surface area contributed by atoms with Crippen molar-refractivity contribution < 1.29 is 22.3 Å². The third-order valence-corrected chi connectivity index (χ3v) is 3.95. The van der Waals surface area contributed by atoms with Crippen LogP contribution >= 0.6 is 0 Å². The first-order valence-electron chi connectivity index (χ1n) is 6.06. The van der Waals surface area contributed by atoms with Gasteiger partial charge >= 0.3 is 0 Å². The van der Waals surface area contributed by atoms with Gasteiger partial charge in [0.1, 0.15) is 5.75 Å². The molecule has 0 spiro atoms. The highest BCUT2D eigenvalue weighted by molar-refractivity contribution is 7.90. The van der Waals surface area contributed by atoms with Crippen molar-refractivity contribution in [3.63, 3.8) is 0 Å². The molecule has 0 aliphatic carbocycles. The summed E-state index contributed by atoms with van der Waals surface area (Å²) in [6, 6.07) is 9.61. The summed E-state index contributed by atoms with van der Waals surface area (Å²) in [4.78, 5) is 11.6. The monoisotopic (exact) mass is 308 g/mol. The predicted octanol–water partition coefficient (Wildman–Crippen LogP) is 3.22. The molecule has 0 fully saturated rings. The summed E-state index contributed by atoms with van der Waals surface area (Å²) in [6.07, 6.45) is 1.09. The maximum Gasteiger partial charge on any atom is 0.175 e. The number of sulfone groups is 1. The van der Waals surface area contributed by atoms with Crippen molar-refractivity contribution in [2.75, 3.05) is 6.26 Å². The van der Waals surface area contributed by atoms with Crippen LogP contribution in [0.25, 0.3) is 0 Å². The molecule has 0 saturated heterocycles. The van der Waals surface area contributed by atoms with Gasteiger partial charge in [-0.3, -0.25) is 4.79 Å². The molecule has 2 aromatic rings. The van der Waals surface area contributed by atoms with E-state index < -0.39 is 15.7 Å². The lowest BCUT2D eigenvalue weighted by atomic mass is 10.1. The molecule has 2 aromatic carbocycles. The molecule has 4 nitrogen and oxygen atoms in total. The molecule has 0 amide bonds. The molecular weight excluding hydrogens is 295 g/mol. The number of ether oxygens (including phenoxy) is 1. The molecule has 0 N–H and O–H groups in total. The van der Waals surface area contributed by atoms with E-state index in [1.807, 2.05) is 0 Å². The molecule has 0 atom stereocenters. The maximum absolute atomic E-state index is 13.8. The Morgan fingerprint density at radius 3 is 2.24 bits per heavy atom. The van der Waals surface area contributed by atoms with Crippen LogP contribution in [0, 0.1) is 5.82 Å². The highest BCUT2D eigenvalue weighted by Crippen LogP contribution is 2.29. The van der Waals surface area contributed by atoms with Gasteiger partial charge in [0.15, 0.2) is 27.2 Å². The van der Waals surface area contributed by atoms with Crippen LogP contribution in [0.15, 0.2) is 47.4 Å². The van der Waals surface area contributed by atoms with Gasteiger partial charge in [-0.2, -0.15) is 0 Å². The molecule has 0 radical (unpaired) electrons. The molecule has 6 heteroatoms. The summed E-state index contributed by atoms with van der Waals surface area (Å²) >= 11 is 0. The SMILES string of the molecule is CC(=O)c1cccc(F)c1Oc1ccc(S(C)(=O)=O)cc1. The first-order valence-corrected chi connectivity index (χ1v) is 7.95. The molecule has 110 valence electrons. The van der Waals surface area contributed by atoms with Gasteiger partial charge in [0.05, 0.1) is 10.5 Å². The van der Waals surface area contributed by atoms with E-state index in [4.69, 9.17) is 4.74 Å². The number of carbonyl (C=O) groups is 1. The maximum atomic E-state index is 13.8. The Labute approximate surface area is 122 Å². The van der Waals surface area contributed by atoms with Crippen LogP contribution in [0.1, 0.15) is 17.3 Å². The summed E-state index contributed by atoms with van der Waals surface area (Å²) in [6.45, 7) is 1.31. The highest BCUT2D eigenvalue weighted by Gasteiger charge is 2.15. The smallest absolute Gasteiger partial charge is 0.175 e. The number of benzene rings is 2. The average molecular weight is 308 g/mol. The van der Waals surface area contributed by atoms with Crippen molar-refractivity contribution in [2.45, 2.75) is 11.8 Å². The lowest BCUT2D eigenvalue weighted by molar-refractivity contribution is 0.101. The number of halogens is 1. The van der Waals surface area contributed by atoms with Gasteiger partial charge in [-0.15, -0.1) is 0 Å². The molecule has 0 heterocycles. The Hall–Kier alpha value is -2.21. The van der Waals surface area contributed by atoms with Crippen molar-refractivity contribution in [3.8, 4) is 11.5 Å². The number of rotatable bonds is 4. The Morgan fingerprint density at radius 1 is 1.10 bits per heavy atom. The summed E-state index contributed by atoms with van der Waals surface area (Å²) in [5.74, 6) is -0.903. The van der Waals surface area contributed by atoms with Crippen LogP contribution in [-0.4, -0.2) is 20.5 Å². The molecule has 0 saturated carbocycles. The molecule has 2 rings (SSSR count). The van der Waals surface area contributed by atoms with E-state index in [2.05, 4.69) is 0 Å². The first-order chi connectivity index (χ1) is 9.79. The summed E-state index contributed by atoms with van der Waals surface area (Å²) in [5, 5.41) is 0. The fraction of sp³-hybridized carbons (Fsp3) is 0.133. The molecule has 0 unspecified atom stereocenters. The van der Waals surface area contributed by atoms with Crippen molar-refractivity contribution in [1.29, 1.82) is 0 Å². The van der Waals surface area contributed by atoms with Crippen molar-refractivity contribution >= 4 is 15.6 Å². The van der Waals surface area contributed by atoms with E-state index in [0.717, 1.165) is 6.26 Å². The Morgan fingerprint density at radius 2 is 1.71 bits per heavy atom. The molecule has 0 aliphatic rings. The molecule has 0 aromatic heterocycles. The fourth-order valence-corrected chi connectivity index (χ4v) is 2.39. The Kier molecular flexibility index (Phi) is 4.09. The van der Waals surface area contributed by atoms with Gasteiger partial charge in [-0.25, -0.2) is 12.8 Å². The quantitative estimate of drug-likeness (QED) is 0.814. The molecule has 0 aliphatic heterocycles. The minimum Gasteiger partial charge on any atom is -0.454 e. The van der Waals surface area contributed by atoms with Gasteiger partial charge in [0.2, 0.25) is 0 Å². The van der Waals surface area contributed by atoms with Crippen LogP contribution in [0.4, 0.5) is 4.39 Å². The minimum absolute atomic E-state index is 0.127. The van der Waals surface area contributed by atoms with Crippen LogP contribution in [0.2, 0.25) is 0 Å². The topological polar surface area (TPSA) is 60.4 Å². The van der Waals surface area contributed by atoms with Crippen LogP contribution in [-0.2, 0) is 9.84 Å². The molecule has 0 bridgehead atoms. The number of Topliss-reactive ketones (excluding diaryl/α,β-unsaturated/α-hetero) is 1. The summed E-state index contributed by atoms with van der Waals surface area (Å²) in [7, 11) is -3.31. The second-order valence-corrected chi connectivity index (χ2v) is 6.53. The number of hydrogen-bond donors (Lipinski definition) is 0. The summed E-state index contributed by atoms with van der Waals surface area (Å²) in [5.41, 5.74) is 0.127. The predicted molar refractivity (Wildman–Crippen MR) is 76.0 cm³/mol. The van der Waals surface area contributed by atoms with Crippen LogP contribution < -0.4 is 4.74 Å². The van der Waals surface area contributed by atoms with Crippen molar-refractivity contribution in [3.05, 3.63) is 53.8 Å². The molecule has 21 heavy (non-hydrogen) atoms. The van der Waals surface area contributed by atoms with Crippen molar-refractivity contribution in [2.24, 2.45) is 0 Å². The van der Waals surface area contributed by atoms with Gasteiger partial charge in [0.25, 0.3) is 0 Å². The van der Waals surface area contributed by atoms with E-state index >= 15 is 0 Å². The van der Waals surface area contributed by atoms with E-state index in [0.29, 0.717) is 0 Å². The van der Waals surface area contributed by atoms with Crippen molar-refractivity contribution in [1.82, 2.24) is 0 Å². The zero-order valence-electron chi connectivity index (χ0n) is 11.5. The lowest BCUT2D eigenvalue weighted by Gasteiger charge is -2.10. The van der Waals surface area contributed by atoms with Gasteiger partial charge in [-0.05, 0) is 43.3 Å². The second kappa shape index (κ2) is 5.65.